The van der Waals surface area contributed by atoms with E-state index in [1.807, 2.05) is 121 Å². The third kappa shape index (κ3) is 31.5. The second-order valence-electron chi connectivity index (χ2n) is 15.6. The first-order chi connectivity index (χ1) is 33.1. The van der Waals surface area contributed by atoms with Gasteiger partial charge in [0.05, 0.1) is 22.8 Å². The summed E-state index contributed by atoms with van der Waals surface area (Å²) in [7, 11) is -21.3. The molecule has 2 aromatic carbocycles. The van der Waals surface area contributed by atoms with Crippen molar-refractivity contribution < 1.29 is 92.5 Å². The molecule has 0 radical (unpaired) electrons. The monoisotopic (exact) mass is 1430 g/mol. The number of rotatable bonds is 14. The molecule has 0 bridgehead atoms. The number of hydrogen-bond donors (Lipinski definition) is 0. The first-order valence-electron chi connectivity index (χ1n) is 22.0. The van der Waals surface area contributed by atoms with Crippen molar-refractivity contribution >= 4 is 15.6 Å². The molecular formula is C49H52F12N8P2Pt2+2. The van der Waals surface area contributed by atoms with Crippen molar-refractivity contribution in [3.8, 4) is 45.3 Å². The van der Waals surface area contributed by atoms with Crippen molar-refractivity contribution in [1.29, 1.82) is 0 Å². The molecule has 2 aliphatic rings. The number of pyridine rings is 4. The van der Waals surface area contributed by atoms with Crippen LogP contribution >= 0.6 is 15.6 Å². The molecule has 24 heteroatoms. The van der Waals surface area contributed by atoms with Crippen LogP contribution < -0.4 is 0 Å². The van der Waals surface area contributed by atoms with Crippen molar-refractivity contribution in [1.82, 2.24) is 39.5 Å². The molecule has 0 N–H and O–H groups in total. The van der Waals surface area contributed by atoms with Crippen molar-refractivity contribution in [2.24, 2.45) is 0 Å². The van der Waals surface area contributed by atoms with Gasteiger partial charge in [-0.25, -0.2) is 0 Å². The fourth-order valence-electron chi connectivity index (χ4n) is 6.11. The van der Waals surface area contributed by atoms with Gasteiger partial charge in [-0.1, -0.05) is 63.1 Å². The van der Waals surface area contributed by atoms with Crippen LogP contribution in [0.25, 0.3) is 45.3 Å². The van der Waals surface area contributed by atoms with Crippen LogP contribution in [0.1, 0.15) is 46.0 Å². The summed E-state index contributed by atoms with van der Waals surface area (Å²) in [5.74, 6) is 0. The summed E-state index contributed by atoms with van der Waals surface area (Å²) in [4.78, 5) is 27.0. The number of benzene rings is 2. The number of nitrogens with zero attached hydrogens (tertiary/aromatic N) is 8. The summed E-state index contributed by atoms with van der Waals surface area (Å²) in [6, 6.07) is 45.6. The maximum Gasteiger partial charge on any atom is 4.00 e. The van der Waals surface area contributed by atoms with Crippen LogP contribution in [0.15, 0.2) is 159 Å². The van der Waals surface area contributed by atoms with E-state index in [9.17, 15) is 50.4 Å². The SMILES string of the molecule is CCCCN1C=CN(CCCN2C=CN(CCCC)[CH-]2)[CH-]1.F[P-](F)(F)(F)(F)F.F[P-](F)(F)(F)(F)F.[Pt+4].[Pt+4].[c-]1ccccc1-c1cccc(-c2ccccn2)n1.[c-]1ccccc1-c1cccc(-c2ccccn2)n1. The van der Waals surface area contributed by atoms with Crippen LogP contribution in [0.3, 0.4) is 0 Å². The Hall–Kier alpha value is -4.88. The molecule has 6 aromatic rings. The first kappa shape index (κ1) is 64.2. The van der Waals surface area contributed by atoms with Crippen molar-refractivity contribution in [2.45, 2.75) is 46.0 Å². The summed E-state index contributed by atoms with van der Waals surface area (Å²) in [6.45, 7) is 13.4. The Morgan fingerprint density at radius 1 is 0.397 bits per heavy atom. The fourth-order valence-corrected chi connectivity index (χ4v) is 6.11. The van der Waals surface area contributed by atoms with Gasteiger partial charge in [0.1, 0.15) is 0 Å². The van der Waals surface area contributed by atoms with E-state index in [1.54, 1.807) is 12.4 Å². The standard InChI is InChI=1S/C17H30N4.2C16H11N2.2F6P.2Pt/c1-3-5-8-18-12-14-20(16-18)10-7-11-21-15-13-19(17-21)9-6-4-2;2*1-2-7-13(8-3-1)14-10-6-11-16(18-14)15-9-4-5-12-17-15;2*1-7(2,3,4,5)6;;/h12-17H,3-11H2,1-2H3;2*1-7,9-12H;;;;/q-2;4*-1;2*+4. The Labute approximate surface area is 446 Å². The van der Waals surface area contributed by atoms with Crippen LogP contribution in [-0.2, 0) is 42.1 Å². The molecule has 0 amide bonds. The van der Waals surface area contributed by atoms with Gasteiger partial charge in [-0.05, 0) is 118 Å². The van der Waals surface area contributed by atoms with Gasteiger partial charge in [0.15, 0.2) is 0 Å². The summed E-state index contributed by atoms with van der Waals surface area (Å²) in [6.07, 6.45) is 18.5. The number of unbranched alkanes of at least 4 members (excludes halogenated alkanes) is 2. The normalized spacial score (nSPS) is 14.5. The Kier molecular flexibility index (Phi) is 23.8. The molecule has 0 saturated heterocycles. The summed E-state index contributed by atoms with van der Waals surface area (Å²) in [5, 5.41) is 0. The Morgan fingerprint density at radius 3 is 0.986 bits per heavy atom. The zero-order chi connectivity index (χ0) is 52.2. The average molecular weight is 1430 g/mol. The molecule has 0 aliphatic carbocycles. The predicted molar refractivity (Wildman–Crippen MR) is 259 cm³/mol. The second-order valence-corrected chi connectivity index (χ2v) is 19.4. The maximum absolute atomic E-state index is 10.7. The fraction of sp³-hybridized carbons (Fsp3) is 0.224. The van der Waals surface area contributed by atoms with E-state index < -0.39 is 15.6 Å². The van der Waals surface area contributed by atoms with E-state index >= 15 is 0 Å². The minimum absolute atomic E-state index is 0. The third-order valence-electron chi connectivity index (χ3n) is 9.19. The topological polar surface area (TPSA) is 64.5 Å². The quantitative estimate of drug-likeness (QED) is 0.0607. The largest absolute Gasteiger partial charge is 4.00 e. The third-order valence-corrected chi connectivity index (χ3v) is 9.19. The van der Waals surface area contributed by atoms with E-state index in [0.29, 0.717) is 0 Å². The van der Waals surface area contributed by atoms with Crippen LogP contribution in [0.2, 0.25) is 0 Å². The Bertz CT molecular complexity index is 2270. The maximum atomic E-state index is 9.87. The number of aromatic nitrogens is 4. The van der Waals surface area contributed by atoms with E-state index in [0.717, 1.165) is 71.5 Å². The van der Waals surface area contributed by atoms with Gasteiger partial charge in [-0.15, -0.1) is 71.8 Å². The van der Waals surface area contributed by atoms with Gasteiger partial charge in [0.2, 0.25) is 0 Å². The molecule has 0 fully saturated rings. The van der Waals surface area contributed by atoms with Crippen molar-refractivity contribution in [3.05, 3.63) is 184 Å². The predicted octanol–water partition coefficient (Wildman–Crippen LogP) is 17.4. The smallest absolute Gasteiger partial charge is 0.295 e. The molecule has 0 saturated carbocycles. The minimum atomic E-state index is -10.7. The average Bonchev–Trinajstić information content (AvgIpc) is 3.99. The van der Waals surface area contributed by atoms with E-state index in [2.05, 4.69) is 104 Å². The first-order valence-corrected chi connectivity index (χ1v) is 26.1. The summed E-state index contributed by atoms with van der Waals surface area (Å²) < 4.78 is 118. The van der Waals surface area contributed by atoms with Gasteiger partial charge in [-0.2, -0.15) is 13.3 Å². The van der Waals surface area contributed by atoms with Gasteiger partial charge < -0.3 is 19.6 Å². The van der Waals surface area contributed by atoms with Gasteiger partial charge in [-0.3, -0.25) is 19.9 Å². The molecule has 4 aromatic heterocycles. The van der Waals surface area contributed by atoms with Crippen LogP contribution in [0, 0.1) is 25.5 Å². The number of hydrogen-bond acceptors (Lipinski definition) is 8. The Balaban J connectivity index is 0.000000329. The molecule has 6 heterocycles. The van der Waals surface area contributed by atoms with E-state index in [-0.39, 0.29) is 42.1 Å². The Morgan fingerprint density at radius 2 is 0.699 bits per heavy atom. The molecule has 2 aliphatic heterocycles. The molecule has 400 valence electrons. The summed E-state index contributed by atoms with van der Waals surface area (Å²) in [5.41, 5.74) is 7.35. The minimum Gasteiger partial charge on any atom is -0.295 e. The zero-order valence-corrected chi connectivity index (χ0v) is 45.5. The van der Waals surface area contributed by atoms with Gasteiger partial charge in [0, 0.05) is 12.4 Å². The molecule has 8 nitrogen and oxygen atoms in total. The molecular weight excluding hydrogens is 1380 g/mol. The van der Waals surface area contributed by atoms with Crippen molar-refractivity contribution in [2.75, 3.05) is 26.2 Å². The van der Waals surface area contributed by atoms with Crippen LogP contribution in [0.4, 0.5) is 50.4 Å². The summed E-state index contributed by atoms with van der Waals surface area (Å²) >= 11 is 0. The second kappa shape index (κ2) is 27.1. The van der Waals surface area contributed by atoms with Gasteiger partial charge >= 0.3 is 108 Å². The van der Waals surface area contributed by atoms with E-state index in [1.165, 1.54) is 32.1 Å². The molecule has 0 atom stereocenters. The van der Waals surface area contributed by atoms with Gasteiger partial charge in [0.25, 0.3) is 0 Å². The van der Waals surface area contributed by atoms with Crippen molar-refractivity contribution in [3.63, 3.8) is 0 Å². The molecule has 8 rings (SSSR count). The van der Waals surface area contributed by atoms with E-state index in [4.69, 9.17) is 0 Å². The van der Waals surface area contributed by atoms with Crippen LogP contribution in [0.5, 0.6) is 0 Å². The number of halogens is 12. The molecule has 73 heavy (non-hydrogen) atoms. The molecule has 0 spiro atoms. The van der Waals surface area contributed by atoms with Crippen LogP contribution in [-0.4, -0.2) is 65.7 Å². The molecule has 0 unspecified atom stereocenters. The zero-order valence-electron chi connectivity index (χ0n) is 39.2.